The number of methoxy groups -OCH3 is 1. The van der Waals surface area contributed by atoms with Crippen LogP contribution < -0.4 is 10.2 Å². The van der Waals surface area contributed by atoms with E-state index >= 15 is 0 Å². The van der Waals surface area contributed by atoms with E-state index in [2.05, 4.69) is 43.0 Å². The van der Waals surface area contributed by atoms with E-state index < -0.39 is 0 Å². The maximum Gasteiger partial charge on any atom is 0.185 e. The quantitative estimate of drug-likeness (QED) is 0.737. The zero-order valence-corrected chi connectivity index (χ0v) is 12.9. The number of nitrogens with zero attached hydrogens (tertiary/aromatic N) is 2. The van der Waals surface area contributed by atoms with Gasteiger partial charge in [-0.3, -0.25) is 0 Å². The van der Waals surface area contributed by atoms with Crippen molar-refractivity contribution in [2.75, 3.05) is 32.2 Å². The molecule has 1 heterocycles. The van der Waals surface area contributed by atoms with Crippen LogP contribution >= 0.6 is 11.3 Å². The third-order valence-corrected chi connectivity index (χ3v) is 4.45. The van der Waals surface area contributed by atoms with Crippen LogP contribution in [0.3, 0.4) is 0 Å². The monoisotopic (exact) mass is 271 g/mol. The fourth-order valence-electron chi connectivity index (χ4n) is 1.57. The first-order valence-corrected chi connectivity index (χ1v) is 7.30. The summed E-state index contributed by atoms with van der Waals surface area (Å²) in [4.78, 5) is 8.23. The average molecular weight is 271 g/mol. The minimum atomic E-state index is 0.532. The van der Waals surface area contributed by atoms with Crippen molar-refractivity contribution in [2.45, 2.75) is 39.8 Å². The number of nitrogens with one attached hydrogen (secondary N) is 1. The molecule has 1 atom stereocenters. The van der Waals surface area contributed by atoms with Gasteiger partial charge in [-0.05, 0) is 20.3 Å². The van der Waals surface area contributed by atoms with Gasteiger partial charge in [0, 0.05) is 38.2 Å². The van der Waals surface area contributed by atoms with Crippen LogP contribution in [0.2, 0.25) is 0 Å². The topological polar surface area (TPSA) is 37.4 Å². The Morgan fingerprint density at radius 1 is 1.50 bits per heavy atom. The van der Waals surface area contributed by atoms with Crippen molar-refractivity contribution in [3.8, 4) is 0 Å². The summed E-state index contributed by atoms with van der Waals surface area (Å²) >= 11 is 1.78. The van der Waals surface area contributed by atoms with Crippen LogP contribution in [0.25, 0.3) is 0 Å². The molecule has 0 saturated heterocycles. The molecule has 0 aromatic carbocycles. The van der Waals surface area contributed by atoms with E-state index in [1.807, 2.05) is 0 Å². The molecule has 0 saturated carbocycles. The van der Waals surface area contributed by atoms with E-state index in [1.165, 1.54) is 4.88 Å². The lowest BCUT2D eigenvalue weighted by molar-refractivity contribution is 0.199. The van der Waals surface area contributed by atoms with Crippen molar-refractivity contribution in [2.24, 2.45) is 0 Å². The first kappa shape index (κ1) is 15.4. The molecule has 104 valence electrons. The van der Waals surface area contributed by atoms with E-state index in [0.717, 1.165) is 36.9 Å². The van der Waals surface area contributed by atoms with Crippen molar-refractivity contribution in [3.63, 3.8) is 0 Å². The van der Waals surface area contributed by atoms with Crippen LogP contribution in [0.5, 0.6) is 0 Å². The highest BCUT2D eigenvalue weighted by atomic mass is 32.1. The van der Waals surface area contributed by atoms with Crippen LogP contribution in [0.15, 0.2) is 0 Å². The molecule has 0 amide bonds. The highest BCUT2D eigenvalue weighted by molar-refractivity contribution is 7.15. The minimum Gasteiger partial charge on any atom is -0.383 e. The lowest BCUT2D eigenvalue weighted by atomic mass is 10.2. The summed E-state index contributed by atoms with van der Waals surface area (Å²) in [7, 11) is 3.84. The van der Waals surface area contributed by atoms with Crippen LogP contribution in [0.1, 0.15) is 30.8 Å². The molecule has 18 heavy (non-hydrogen) atoms. The summed E-state index contributed by atoms with van der Waals surface area (Å²) in [6.07, 6.45) is 1.14. The van der Waals surface area contributed by atoms with Gasteiger partial charge in [0.1, 0.15) is 0 Å². The highest BCUT2D eigenvalue weighted by Crippen LogP contribution is 2.26. The summed E-state index contributed by atoms with van der Waals surface area (Å²) < 4.78 is 5.02. The van der Waals surface area contributed by atoms with Gasteiger partial charge in [-0.2, -0.15) is 0 Å². The van der Waals surface area contributed by atoms with Gasteiger partial charge in [-0.1, -0.05) is 6.92 Å². The lowest BCUT2D eigenvalue weighted by Crippen LogP contribution is -2.27. The van der Waals surface area contributed by atoms with E-state index in [9.17, 15) is 0 Å². The molecule has 0 fully saturated rings. The van der Waals surface area contributed by atoms with Crippen LogP contribution in [-0.2, 0) is 11.3 Å². The van der Waals surface area contributed by atoms with Crippen LogP contribution in [-0.4, -0.2) is 38.3 Å². The Morgan fingerprint density at radius 3 is 2.83 bits per heavy atom. The molecule has 0 aliphatic rings. The average Bonchev–Trinajstić information content (AvgIpc) is 2.74. The molecule has 4 nitrogen and oxygen atoms in total. The van der Waals surface area contributed by atoms with Crippen LogP contribution in [0.4, 0.5) is 5.13 Å². The summed E-state index contributed by atoms with van der Waals surface area (Å²) in [5.74, 6) is 0. The summed E-state index contributed by atoms with van der Waals surface area (Å²) in [6, 6.07) is 0.532. The van der Waals surface area contributed by atoms with Crippen molar-refractivity contribution in [1.82, 2.24) is 10.3 Å². The number of aryl methyl sites for hydroxylation is 1. The number of thiazole rings is 1. The second-order valence-corrected chi connectivity index (χ2v) is 5.60. The highest BCUT2D eigenvalue weighted by Gasteiger charge is 2.14. The third kappa shape index (κ3) is 4.23. The zero-order chi connectivity index (χ0) is 13.5. The molecule has 0 aliphatic carbocycles. The van der Waals surface area contributed by atoms with Gasteiger partial charge >= 0.3 is 0 Å². The maximum atomic E-state index is 5.02. The van der Waals surface area contributed by atoms with Crippen molar-refractivity contribution >= 4 is 16.5 Å². The van der Waals surface area contributed by atoms with E-state index in [0.29, 0.717) is 6.04 Å². The molecule has 1 unspecified atom stereocenters. The zero-order valence-electron chi connectivity index (χ0n) is 12.1. The normalized spacial score (nSPS) is 12.7. The number of hydrogen-bond donors (Lipinski definition) is 1. The molecular weight excluding hydrogens is 246 g/mol. The summed E-state index contributed by atoms with van der Waals surface area (Å²) in [5, 5.41) is 4.48. The Labute approximate surface area is 114 Å². The fourth-order valence-corrected chi connectivity index (χ4v) is 2.66. The van der Waals surface area contributed by atoms with Crippen molar-refractivity contribution < 1.29 is 4.74 Å². The molecule has 0 aliphatic heterocycles. The first-order valence-electron chi connectivity index (χ1n) is 6.48. The molecule has 0 bridgehead atoms. The van der Waals surface area contributed by atoms with E-state index in [1.54, 1.807) is 18.4 Å². The van der Waals surface area contributed by atoms with Gasteiger partial charge in [0.05, 0.1) is 12.3 Å². The molecule has 0 radical (unpaired) electrons. The Morgan fingerprint density at radius 2 is 2.22 bits per heavy atom. The number of hydrogen-bond acceptors (Lipinski definition) is 5. The van der Waals surface area contributed by atoms with Gasteiger partial charge in [0.25, 0.3) is 0 Å². The lowest BCUT2D eigenvalue weighted by Gasteiger charge is -2.22. The number of aromatic nitrogens is 1. The smallest absolute Gasteiger partial charge is 0.185 e. The van der Waals surface area contributed by atoms with Crippen LogP contribution in [0, 0.1) is 6.92 Å². The summed E-state index contributed by atoms with van der Waals surface area (Å²) in [5.41, 5.74) is 1.13. The largest absolute Gasteiger partial charge is 0.383 e. The second-order valence-electron chi connectivity index (χ2n) is 4.54. The van der Waals surface area contributed by atoms with E-state index in [4.69, 9.17) is 4.74 Å². The molecule has 0 spiro atoms. The minimum absolute atomic E-state index is 0.532. The Kier molecular flexibility index (Phi) is 6.60. The van der Waals surface area contributed by atoms with Gasteiger partial charge in [-0.25, -0.2) is 4.98 Å². The molecule has 1 aromatic rings. The fraction of sp³-hybridized carbons (Fsp3) is 0.769. The molecule has 1 rings (SSSR count). The van der Waals surface area contributed by atoms with Gasteiger partial charge < -0.3 is 15.0 Å². The van der Waals surface area contributed by atoms with E-state index in [-0.39, 0.29) is 0 Å². The predicted octanol–water partition coefficient (Wildman–Crippen LogP) is 2.42. The molecule has 5 heteroatoms. The molecule has 1 N–H and O–H groups in total. The molecule has 1 aromatic heterocycles. The second kappa shape index (κ2) is 7.71. The summed E-state index contributed by atoms with van der Waals surface area (Å²) in [6.45, 7) is 9.02. The Balaban J connectivity index is 2.58. The first-order chi connectivity index (χ1) is 8.60. The van der Waals surface area contributed by atoms with Gasteiger partial charge in [0.2, 0.25) is 0 Å². The SMILES string of the molecule is CCC(C)N(C)c1nc(C)c(CNCCOC)s1. The Bertz CT molecular complexity index is 354. The molecular formula is C13H25N3OS. The Hall–Kier alpha value is -0.650. The third-order valence-electron chi connectivity index (χ3n) is 3.20. The van der Waals surface area contributed by atoms with Gasteiger partial charge in [0.15, 0.2) is 5.13 Å². The van der Waals surface area contributed by atoms with Crippen molar-refractivity contribution in [1.29, 1.82) is 0 Å². The van der Waals surface area contributed by atoms with Crippen molar-refractivity contribution in [3.05, 3.63) is 10.6 Å². The number of anilines is 1. The maximum absolute atomic E-state index is 5.02. The predicted molar refractivity (Wildman–Crippen MR) is 78.6 cm³/mol. The number of ether oxygens (including phenoxy) is 1. The van der Waals surface area contributed by atoms with Gasteiger partial charge in [-0.15, -0.1) is 11.3 Å². The standard InChI is InChI=1S/C13H25N3OS/c1-6-10(2)16(4)13-15-11(3)12(18-13)9-14-7-8-17-5/h10,14H,6-9H2,1-5H3. The number of rotatable bonds is 8.